The first-order chi connectivity index (χ1) is 8.17. The molecule has 0 radical (unpaired) electrons. The Morgan fingerprint density at radius 2 is 1.88 bits per heavy atom. The lowest BCUT2D eigenvalue weighted by atomic mass is 10.2. The zero-order chi connectivity index (χ0) is 12.7. The van der Waals surface area contributed by atoms with Crippen molar-refractivity contribution in [2.24, 2.45) is 11.5 Å². The summed E-state index contributed by atoms with van der Waals surface area (Å²) in [4.78, 5) is 13.0. The van der Waals surface area contributed by atoms with E-state index in [1.54, 1.807) is 0 Å². The highest BCUT2D eigenvalue weighted by molar-refractivity contribution is 5.74. The van der Waals surface area contributed by atoms with E-state index in [9.17, 15) is 4.79 Å². The highest BCUT2D eigenvalue weighted by atomic mass is 16.1. The van der Waals surface area contributed by atoms with Crippen LogP contribution < -0.4 is 16.4 Å². The fourth-order valence-electron chi connectivity index (χ4n) is 1.73. The van der Waals surface area contributed by atoms with Crippen LogP contribution in [-0.2, 0) is 11.3 Å². The van der Waals surface area contributed by atoms with Gasteiger partial charge in [0.15, 0.2) is 0 Å². The number of hydrogen-bond acceptors (Lipinski definition) is 3. The Hall–Kier alpha value is -1.55. The van der Waals surface area contributed by atoms with Gasteiger partial charge in [-0.2, -0.15) is 0 Å². The topological polar surface area (TPSA) is 72.3 Å². The molecule has 17 heavy (non-hydrogen) atoms. The molecule has 1 aromatic carbocycles. The van der Waals surface area contributed by atoms with Gasteiger partial charge in [-0.1, -0.05) is 19.1 Å². The summed E-state index contributed by atoms with van der Waals surface area (Å²) in [5, 5.41) is 0. The van der Waals surface area contributed by atoms with Crippen molar-refractivity contribution in [1.82, 2.24) is 0 Å². The van der Waals surface area contributed by atoms with Crippen molar-refractivity contribution in [3.05, 3.63) is 29.8 Å². The van der Waals surface area contributed by atoms with E-state index in [-0.39, 0.29) is 5.91 Å². The van der Waals surface area contributed by atoms with Crippen LogP contribution in [0.5, 0.6) is 0 Å². The van der Waals surface area contributed by atoms with Crippen molar-refractivity contribution in [1.29, 1.82) is 0 Å². The molecule has 0 heterocycles. The van der Waals surface area contributed by atoms with E-state index in [1.165, 1.54) is 0 Å². The fourth-order valence-corrected chi connectivity index (χ4v) is 1.73. The predicted octanol–water partition coefficient (Wildman–Crippen LogP) is 1.24. The lowest BCUT2D eigenvalue weighted by molar-refractivity contribution is -0.117. The summed E-state index contributed by atoms with van der Waals surface area (Å²) in [7, 11) is 0. The molecule has 0 aromatic heterocycles. The maximum Gasteiger partial charge on any atom is 0.219 e. The number of hydrogen-bond donors (Lipinski definition) is 2. The molecule has 1 amide bonds. The number of carbonyl (C=O) groups excluding carboxylic acids is 1. The Kier molecular flexibility index (Phi) is 5.49. The van der Waals surface area contributed by atoms with Crippen molar-refractivity contribution in [3.63, 3.8) is 0 Å². The van der Waals surface area contributed by atoms with Crippen LogP contribution in [0.1, 0.15) is 25.3 Å². The molecule has 0 saturated carbocycles. The van der Waals surface area contributed by atoms with Gasteiger partial charge in [0.25, 0.3) is 0 Å². The summed E-state index contributed by atoms with van der Waals surface area (Å²) in [6.07, 6.45) is 1.43. The highest BCUT2D eigenvalue weighted by Crippen LogP contribution is 2.15. The van der Waals surface area contributed by atoms with Gasteiger partial charge in [0.2, 0.25) is 5.91 Å². The molecule has 4 N–H and O–H groups in total. The van der Waals surface area contributed by atoms with Gasteiger partial charge in [0, 0.05) is 31.7 Å². The smallest absolute Gasteiger partial charge is 0.219 e. The molecule has 0 spiro atoms. The van der Waals surface area contributed by atoms with Gasteiger partial charge in [0.1, 0.15) is 0 Å². The van der Waals surface area contributed by atoms with Gasteiger partial charge in [-0.05, 0) is 24.1 Å². The number of nitrogens with zero attached hydrogens (tertiary/aromatic N) is 1. The minimum atomic E-state index is -0.260. The largest absolute Gasteiger partial charge is 0.371 e. The van der Waals surface area contributed by atoms with E-state index >= 15 is 0 Å². The Morgan fingerprint density at radius 3 is 2.35 bits per heavy atom. The summed E-state index contributed by atoms with van der Waals surface area (Å²) in [5.41, 5.74) is 13.0. The molecular formula is C13H21N3O. The summed E-state index contributed by atoms with van der Waals surface area (Å²) >= 11 is 0. The minimum absolute atomic E-state index is 0.260. The number of benzene rings is 1. The van der Waals surface area contributed by atoms with E-state index in [4.69, 9.17) is 11.5 Å². The first kappa shape index (κ1) is 13.5. The second kappa shape index (κ2) is 6.91. The summed E-state index contributed by atoms with van der Waals surface area (Å²) in [6.45, 7) is 4.27. The summed E-state index contributed by atoms with van der Waals surface area (Å²) < 4.78 is 0. The van der Waals surface area contributed by atoms with Gasteiger partial charge in [0.05, 0.1) is 0 Å². The van der Waals surface area contributed by atoms with Gasteiger partial charge < -0.3 is 16.4 Å². The summed E-state index contributed by atoms with van der Waals surface area (Å²) in [5.74, 6) is -0.260. The molecule has 0 unspecified atom stereocenters. The molecule has 0 atom stereocenters. The Bertz CT molecular complexity index is 348. The van der Waals surface area contributed by atoms with Gasteiger partial charge in [-0.3, -0.25) is 4.79 Å². The third-order valence-electron chi connectivity index (χ3n) is 2.66. The predicted molar refractivity (Wildman–Crippen MR) is 70.6 cm³/mol. The van der Waals surface area contributed by atoms with E-state index in [0.29, 0.717) is 19.5 Å². The van der Waals surface area contributed by atoms with Crippen LogP contribution in [0.4, 0.5) is 5.69 Å². The van der Waals surface area contributed by atoms with E-state index in [1.807, 2.05) is 24.3 Å². The van der Waals surface area contributed by atoms with Crippen LogP contribution in [0, 0.1) is 0 Å². The summed E-state index contributed by atoms with van der Waals surface area (Å²) in [6, 6.07) is 8.11. The average Bonchev–Trinajstić information content (AvgIpc) is 2.34. The van der Waals surface area contributed by atoms with E-state index in [0.717, 1.165) is 24.2 Å². The standard InChI is InChI=1S/C13H21N3O/c1-2-8-16(9-7-13(15)17)12-5-3-11(10-14)4-6-12/h3-6H,2,7-10,14H2,1H3,(H2,15,17). The van der Waals surface area contributed by atoms with Crippen LogP contribution in [0.3, 0.4) is 0 Å². The maximum atomic E-state index is 10.8. The fraction of sp³-hybridized carbons (Fsp3) is 0.462. The van der Waals surface area contributed by atoms with Crippen molar-refractivity contribution < 1.29 is 4.79 Å². The first-order valence-electron chi connectivity index (χ1n) is 5.99. The van der Waals surface area contributed by atoms with Crippen LogP contribution in [0.25, 0.3) is 0 Å². The van der Waals surface area contributed by atoms with Crippen molar-refractivity contribution >= 4 is 11.6 Å². The van der Waals surface area contributed by atoms with Gasteiger partial charge in [-0.15, -0.1) is 0 Å². The molecule has 1 rings (SSSR count). The molecule has 0 aliphatic heterocycles. The normalized spacial score (nSPS) is 10.2. The van der Waals surface area contributed by atoms with Crippen molar-refractivity contribution in [2.45, 2.75) is 26.3 Å². The second-order valence-corrected chi connectivity index (χ2v) is 4.07. The number of nitrogens with two attached hydrogens (primary N) is 2. The Labute approximate surface area is 103 Å². The first-order valence-corrected chi connectivity index (χ1v) is 5.99. The monoisotopic (exact) mass is 235 g/mol. The van der Waals surface area contributed by atoms with Gasteiger partial charge in [-0.25, -0.2) is 0 Å². The minimum Gasteiger partial charge on any atom is -0.371 e. The molecule has 0 fully saturated rings. The average molecular weight is 235 g/mol. The SMILES string of the molecule is CCCN(CCC(N)=O)c1ccc(CN)cc1. The number of amides is 1. The van der Waals surface area contributed by atoms with Crippen LogP contribution >= 0.6 is 0 Å². The molecular weight excluding hydrogens is 214 g/mol. The molecule has 0 aliphatic rings. The molecule has 0 bridgehead atoms. The lowest BCUT2D eigenvalue weighted by Crippen LogP contribution is -2.28. The third-order valence-corrected chi connectivity index (χ3v) is 2.66. The molecule has 1 aromatic rings. The number of primary amides is 1. The van der Waals surface area contributed by atoms with E-state index in [2.05, 4.69) is 11.8 Å². The Morgan fingerprint density at radius 1 is 1.24 bits per heavy atom. The molecule has 0 aliphatic carbocycles. The second-order valence-electron chi connectivity index (χ2n) is 4.07. The van der Waals surface area contributed by atoms with Crippen LogP contribution in [0.2, 0.25) is 0 Å². The van der Waals surface area contributed by atoms with E-state index < -0.39 is 0 Å². The van der Waals surface area contributed by atoms with Crippen molar-refractivity contribution in [2.75, 3.05) is 18.0 Å². The zero-order valence-corrected chi connectivity index (χ0v) is 10.4. The van der Waals surface area contributed by atoms with Gasteiger partial charge >= 0.3 is 0 Å². The van der Waals surface area contributed by atoms with Crippen LogP contribution in [-0.4, -0.2) is 19.0 Å². The van der Waals surface area contributed by atoms with Crippen molar-refractivity contribution in [3.8, 4) is 0 Å². The number of carbonyl (C=O) groups is 1. The lowest BCUT2D eigenvalue weighted by Gasteiger charge is -2.24. The Balaban J connectivity index is 2.70. The molecule has 4 nitrogen and oxygen atoms in total. The van der Waals surface area contributed by atoms with Crippen LogP contribution in [0.15, 0.2) is 24.3 Å². The third kappa shape index (κ3) is 4.44. The number of anilines is 1. The number of rotatable bonds is 7. The molecule has 0 saturated heterocycles. The molecule has 4 heteroatoms. The quantitative estimate of drug-likeness (QED) is 0.746. The maximum absolute atomic E-state index is 10.8. The highest BCUT2D eigenvalue weighted by Gasteiger charge is 2.06. The zero-order valence-electron chi connectivity index (χ0n) is 10.4. The molecule has 94 valence electrons.